The number of Topliss-reactive ketones (excluding diaryl/α,β-unsaturated/α-hetero) is 1. The third-order valence-electron chi connectivity index (χ3n) is 2.68. The molecule has 5 nitrogen and oxygen atoms in total. The van der Waals surface area contributed by atoms with Crippen LogP contribution < -0.4 is 11.5 Å². The first-order valence-corrected chi connectivity index (χ1v) is 5.46. The van der Waals surface area contributed by atoms with E-state index in [2.05, 4.69) is 4.98 Å². The van der Waals surface area contributed by atoms with Crippen molar-refractivity contribution in [3.63, 3.8) is 0 Å². The summed E-state index contributed by atoms with van der Waals surface area (Å²) in [7, 11) is 0. The van der Waals surface area contributed by atoms with E-state index in [-0.39, 0.29) is 11.7 Å². The van der Waals surface area contributed by atoms with E-state index in [1.807, 2.05) is 6.92 Å². The summed E-state index contributed by atoms with van der Waals surface area (Å²) >= 11 is 0. The minimum absolute atomic E-state index is 0.00805. The predicted molar refractivity (Wildman–Crippen MR) is 64.0 cm³/mol. The van der Waals surface area contributed by atoms with Crippen molar-refractivity contribution in [3.05, 3.63) is 34.3 Å². The van der Waals surface area contributed by atoms with Gasteiger partial charge in [0.05, 0.1) is 5.52 Å². The standard InChI is InChI=1S/C12H14N2O3/c1-7(6-13)4-10(15)8-2-3-9-11(5-8)17-12(16)14-9/h2-3,5,7H,4,6,13H2,1H3,(H,14,16). The number of aromatic nitrogens is 1. The maximum absolute atomic E-state index is 11.9. The van der Waals surface area contributed by atoms with Crippen molar-refractivity contribution < 1.29 is 9.21 Å². The quantitative estimate of drug-likeness (QED) is 0.780. The summed E-state index contributed by atoms with van der Waals surface area (Å²) in [5.74, 6) is -0.356. The van der Waals surface area contributed by atoms with Crippen LogP contribution in [0, 0.1) is 5.92 Å². The van der Waals surface area contributed by atoms with Gasteiger partial charge in [0.2, 0.25) is 0 Å². The molecule has 0 saturated carbocycles. The summed E-state index contributed by atoms with van der Waals surface area (Å²) in [5.41, 5.74) is 7.02. The lowest BCUT2D eigenvalue weighted by molar-refractivity contribution is 0.0966. The molecule has 17 heavy (non-hydrogen) atoms. The second kappa shape index (κ2) is 4.55. The van der Waals surface area contributed by atoms with Crippen LogP contribution in [0.25, 0.3) is 11.1 Å². The van der Waals surface area contributed by atoms with Crippen molar-refractivity contribution in [2.75, 3.05) is 6.54 Å². The van der Waals surface area contributed by atoms with Gasteiger partial charge in [0, 0.05) is 12.0 Å². The third kappa shape index (κ3) is 2.45. The zero-order valence-electron chi connectivity index (χ0n) is 9.53. The lowest BCUT2D eigenvalue weighted by Gasteiger charge is -2.06. The summed E-state index contributed by atoms with van der Waals surface area (Å²) < 4.78 is 4.90. The van der Waals surface area contributed by atoms with Gasteiger partial charge in [-0.25, -0.2) is 4.79 Å². The van der Waals surface area contributed by atoms with Crippen LogP contribution in [0.2, 0.25) is 0 Å². The Bertz CT molecular complexity index is 597. The molecule has 1 atom stereocenters. The first-order chi connectivity index (χ1) is 8.10. The molecule has 0 aliphatic rings. The normalized spacial score (nSPS) is 12.8. The van der Waals surface area contributed by atoms with E-state index in [1.54, 1.807) is 18.2 Å². The SMILES string of the molecule is CC(CN)CC(=O)c1ccc2[nH]c(=O)oc2c1. The van der Waals surface area contributed by atoms with Gasteiger partial charge in [0.25, 0.3) is 0 Å². The number of fused-ring (bicyclic) bond motifs is 1. The Morgan fingerprint density at radius 3 is 3.00 bits per heavy atom. The van der Waals surface area contributed by atoms with E-state index >= 15 is 0 Å². The molecule has 0 fully saturated rings. The van der Waals surface area contributed by atoms with Crippen molar-refractivity contribution in [1.29, 1.82) is 0 Å². The number of rotatable bonds is 4. The number of carbonyl (C=O) groups excluding carboxylic acids is 1. The molecule has 1 aromatic carbocycles. The lowest BCUT2D eigenvalue weighted by Crippen LogP contribution is -2.15. The Morgan fingerprint density at radius 2 is 2.29 bits per heavy atom. The monoisotopic (exact) mass is 234 g/mol. The van der Waals surface area contributed by atoms with Gasteiger partial charge in [-0.05, 0) is 30.7 Å². The molecular weight excluding hydrogens is 220 g/mol. The largest absolute Gasteiger partial charge is 0.417 e. The number of hydrogen-bond donors (Lipinski definition) is 2. The highest BCUT2D eigenvalue weighted by Crippen LogP contribution is 2.15. The summed E-state index contributed by atoms with van der Waals surface area (Å²) in [5, 5.41) is 0. The van der Waals surface area contributed by atoms with E-state index < -0.39 is 5.76 Å². The number of carbonyl (C=O) groups is 1. The smallest absolute Gasteiger partial charge is 0.408 e. The number of oxazole rings is 1. The first-order valence-electron chi connectivity index (χ1n) is 5.46. The number of H-pyrrole nitrogens is 1. The molecule has 0 aliphatic carbocycles. The van der Waals surface area contributed by atoms with Crippen molar-refractivity contribution >= 4 is 16.9 Å². The Labute approximate surface area is 97.6 Å². The van der Waals surface area contributed by atoms with Gasteiger partial charge < -0.3 is 10.2 Å². The Hall–Kier alpha value is -1.88. The van der Waals surface area contributed by atoms with Crippen LogP contribution in [0.5, 0.6) is 0 Å². The van der Waals surface area contributed by atoms with Crippen LogP contribution in [-0.4, -0.2) is 17.3 Å². The minimum Gasteiger partial charge on any atom is -0.408 e. The molecule has 0 bridgehead atoms. The molecule has 90 valence electrons. The van der Waals surface area contributed by atoms with E-state index in [0.29, 0.717) is 29.6 Å². The van der Waals surface area contributed by atoms with Crippen LogP contribution in [0.3, 0.4) is 0 Å². The molecule has 1 unspecified atom stereocenters. The van der Waals surface area contributed by atoms with Crippen molar-refractivity contribution in [3.8, 4) is 0 Å². The topological polar surface area (TPSA) is 89.1 Å². The Balaban J connectivity index is 2.29. The molecule has 1 aromatic heterocycles. The van der Waals surface area contributed by atoms with Gasteiger partial charge in [-0.1, -0.05) is 6.92 Å². The minimum atomic E-state index is -0.514. The molecule has 0 amide bonds. The summed E-state index contributed by atoms with van der Waals surface area (Å²) in [6, 6.07) is 4.93. The molecule has 0 saturated heterocycles. The summed E-state index contributed by atoms with van der Waals surface area (Å²) in [6.07, 6.45) is 0.399. The number of nitrogens with one attached hydrogen (secondary N) is 1. The van der Waals surface area contributed by atoms with Gasteiger partial charge in [-0.2, -0.15) is 0 Å². The van der Waals surface area contributed by atoms with Gasteiger partial charge in [0.15, 0.2) is 11.4 Å². The van der Waals surface area contributed by atoms with Gasteiger partial charge in [0.1, 0.15) is 0 Å². The van der Waals surface area contributed by atoms with Crippen LogP contribution in [-0.2, 0) is 0 Å². The highest BCUT2D eigenvalue weighted by atomic mass is 16.4. The fourth-order valence-electron chi connectivity index (χ4n) is 1.64. The van der Waals surface area contributed by atoms with Gasteiger partial charge in [-0.15, -0.1) is 0 Å². The van der Waals surface area contributed by atoms with E-state index in [9.17, 15) is 9.59 Å². The zero-order chi connectivity index (χ0) is 12.4. The summed E-state index contributed by atoms with van der Waals surface area (Å²) in [4.78, 5) is 25.4. The second-order valence-electron chi connectivity index (χ2n) is 4.19. The van der Waals surface area contributed by atoms with Crippen LogP contribution >= 0.6 is 0 Å². The van der Waals surface area contributed by atoms with Crippen molar-refractivity contribution in [1.82, 2.24) is 4.98 Å². The van der Waals surface area contributed by atoms with E-state index in [1.165, 1.54) is 0 Å². The average Bonchev–Trinajstić information content (AvgIpc) is 2.67. The fraction of sp³-hybridized carbons (Fsp3) is 0.333. The molecule has 2 aromatic rings. The van der Waals surface area contributed by atoms with Gasteiger partial charge in [-0.3, -0.25) is 9.78 Å². The second-order valence-corrected chi connectivity index (χ2v) is 4.19. The van der Waals surface area contributed by atoms with Gasteiger partial charge >= 0.3 is 5.76 Å². The maximum Gasteiger partial charge on any atom is 0.417 e. The molecular formula is C12H14N2O3. The number of ketones is 1. The molecule has 0 aliphatic heterocycles. The van der Waals surface area contributed by atoms with Crippen LogP contribution in [0.15, 0.2) is 27.4 Å². The number of aromatic amines is 1. The van der Waals surface area contributed by atoms with Crippen LogP contribution in [0.4, 0.5) is 0 Å². The van der Waals surface area contributed by atoms with Crippen LogP contribution in [0.1, 0.15) is 23.7 Å². The molecule has 3 N–H and O–H groups in total. The first kappa shape index (κ1) is 11.6. The van der Waals surface area contributed by atoms with Crippen molar-refractivity contribution in [2.45, 2.75) is 13.3 Å². The van der Waals surface area contributed by atoms with E-state index in [4.69, 9.17) is 10.2 Å². The molecule has 1 heterocycles. The number of benzene rings is 1. The third-order valence-corrected chi connectivity index (χ3v) is 2.68. The fourth-order valence-corrected chi connectivity index (χ4v) is 1.64. The number of hydrogen-bond acceptors (Lipinski definition) is 4. The molecule has 5 heteroatoms. The molecule has 2 rings (SSSR count). The highest BCUT2D eigenvalue weighted by molar-refractivity contribution is 5.98. The Kier molecular flexibility index (Phi) is 3.10. The molecule has 0 radical (unpaired) electrons. The lowest BCUT2D eigenvalue weighted by atomic mass is 10.00. The zero-order valence-corrected chi connectivity index (χ0v) is 9.53. The average molecular weight is 234 g/mol. The highest BCUT2D eigenvalue weighted by Gasteiger charge is 2.12. The van der Waals surface area contributed by atoms with Crippen molar-refractivity contribution in [2.24, 2.45) is 11.7 Å². The molecule has 0 spiro atoms. The summed E-state index contributed by atoms with van der Waals surface area (Å²) in [6.45, 7) is 2.40. The predicted octanol–water partition coefficient (Wildman–Crippen LogP) is 1.29. The number of nitrogens with two attached hydrogens (primary N) is 1. The Morgan fingerprint density at radius 1 is 1.53 bits per heavy atom. The van der Waals surface area contributed by atoms with E-state index in [0.717, 1.165) is 0 Å². The maximum atomic E-state index is 11.9.